The van der Waals surface area contributed by atoms with Gasteiger partial charge in [-0.1, -0.05) is 24.6 Å². The van der Waals surface area contributed by atoms with Crippen LogP contribution in [0.15, 0.2) is 29.3 Å². The SMILES string of the molecule is CN=C(NCCCN1CCCCC1C)NCC(=O)N1CCc2ccccc21.I. The van der Waals surface area contributed by atoms with E-state index in [1.54, 1.807) is 7.05 Å². The van der Waals surface area contributed by atoms with Crippen molar-refractivity contribution >= 4 is 41.5 Å². The van der Waals surface area contributed by atoms with Crippen molar-refractivity contribution in [3.63, 3.8) is 0 Å². The van der Waals surface area contributed by atoms with Crippen LogP contribution < -0.4 is 15.5 Å². The zero-order chi connectivity index (χ0) is 19.1. The van der Waals surface area contributed by atoms with Gasteiger partial charge in [0, 0.05) is 38.4 Å². The number of nitrogens with one attached hydrogen (secondary N) is 2. The predicted octanol–water partition coefficient (Wildman–Crippen LogP) is 2.62. The minimum absolute atomic E-state index is 0. The number of amides is 1. The van der Waals surface area contributed by atoms with Gasteiger partial charge in [-0.3, -0.25) is 9.79 Å². The van der Waals surface area contributed by atoms with E-state index in [1.165, 1.54) is 31.4 Å². The number of fused-ring (bicyclic) bond motifs is 1. The third-order valence-corrected chi connectivity index (χ3v) is 5.67. The van der Waals surface area contributed by atoms with Gasteiger partial charge in [0.05, 0.1) is 6.54 Å². The first-order chi connectivity index (χ1) is 13.2. The maximum Gasteiger partial charge on any atom is 0.246 e. The molecular formula is C21H34IN5O. The van der Waals surface area contributed by atoms with Crippen LogP contribution in [-0.4, -0.2) is 62.6 Å². The topological polar surface area (TPSA) is 60.0 Å². The van der Waals surface area contributed by atoms with Crippen LogP contribution in [0.2, 0.25) is 0 Å². The maximum absolute atomic E-state index is 12.6. The second kappa shape index (κ2) is 11.6. The van der Waals surface area contributed by atoms with E-state index in [4.69, 9.17) is 0 Å². The van der Waals surface area contributed by atoms with Crippen LogP contribution >= 0.6 is 24.0 Å². The summed E-state index contributed by atoms with van der Waals surface area (Å²) < 4.78 is 0. The van der Waals surface area contributed by atoms with Crippen LogP contribution in [0.5, 0.6) is 0 Å². The minimum Gasteiger partial charge on any atom is -0.356 e. The lowest BCUT2D eigenvalue weighted by Gasteiger charge is -2.33. The summed E-state index contributed by atoms with van der Waals surface area (Å²) in [6, 6.07) is 8.84. The Hall–Kier alpha value is -1.35. The monoisotopic (exact) mass is 499 g/mol. The molecule has 1 unspecified atom stereocenters. The number of halogens is 1. The number of carbonyl (C=O) groups excluding carboxylic acids is 1. The van der Waals surface area contributed by atoms with Gasteiger partial charge in [-0.2, -0.15) is 0 Å². The van der Waals surface area contributed by atoms with Crippen LogP contribution in [-0.2, 0) is 11.2 Å². The Morgan fingerprint density at radius 1 is 1.21 bits per heavy atom. The van der Waals surface area contributed by atoms with Gasteiger partial charge in [0.1, 0.15) is 0 Å². The lowest BCUT2D eigenvalue weighted by molar-refractivity contribution is -0.117. The highest BCUT2D eigenvalue weighted by molar-refractivity contribution is 14.0. The molecule has 6 nitrogen and oxygen atoms in total. The highest BCUT2D eigenvalue weighted by Gasteiger charge is 2.24. The van der Waals surface area contributed by atoms with Crippen molar-refractivity contribution in [1.29, 1.82) is 0 Å². The molecule has 7 heteroatoms. The van der Waals surface area contributed by atoms with Crippen molar-refractivity contribution in [2.45, 2.75) is 45.1 Å². The van der Waals surface area contributed by atoms with Gasteiger partial charge < -0.3 is 20.4 Å². The van der Waals surface area contributed by atoms with Gasteiger partial charge in [0.2, 0.25) is 5.91 Å². The fourth-order valence-electron chi connectivity index (χ4n) is 4.05. The van der Waals surface area contributed by atoms with Gasteiger partial charge in [-0.05, 0) is 50.8 Å². The minimum atomic E-state index is 0. The van der Waals surface area contributed by atoms with Crippen LogP contribution in [0.4, 0.5) is 5.69 Å². The summed E-state index contributed by atoms with van der Waals surface area (Å²) in [5.41, 5.74) is 2.29. The molecule has 1 aromatic carbocycles. The number of nitrogens with zero attached hydrogens (tertiary/aromatic N) is 3. The number of likely N-dealkylation sites (tertiary alicyclic amines) is 1. The lowest BCUT2D eigenvalue weighted by Crippen LogP contribution is -2.45. The highest BCUT2D eigenvalue weighted by atomic mass is 127. The van der Waals surface area contributed by atoms with Crippen molar-refractivity contribution in [3.8, 4) is 0 Å². The first kappa shape index (κ1) is 22.9. The summed E-state index contributed by atoms with van der Waals surface area (Å²) in [5, 5.41) is 6.49. The molecule has 2 aliphatic rings. The Balaban J connectivity index is 0.00000280. The van der Waals surface area contributed by atoms with E-state index >= 15 is 0 Å². The molecule has 2 N–H and O–H groups in total. The molecule has 2 aliphatic heterocycles. The number of rotatable bonds is 6. The molecule has 3 rings (SSSR count). The van der Waals surface area contributed by atoms with Crippen molar-refractivity contribution in [3.05, 3.63) is 29.8 Å². The molecule has 1 atom stereocenters. The van der Waals surface area contributed by atoms with E-state index in [0.29, 0.717) is 12.0 Å². The average molecular weight is 499 g/mol. The Bertz CT molecular complexity index is 666. The Labute approximate surface area is 186 Å². The van der Waals surface area contributed by atoms with Crippen LogP contribution in [0.1, 0.15) is 38.2 Å². The number of guanidine groups is 1. The van der Waals surface area contributed by atoms with Crippen molar-refractivity contribution in [2.24, 2.45) is 4.99 Å². The fourth-order valence-corrected chi connectivity index (χ4v) is 4.05. The molecule has 1 aromatic rings. The van der Waals surface area contributed by atoms with Crippen molar-refractivity contribution in [2.75, 3.05) is 44.7 Å². The molecule has 156 valence electrons. The molecule has 0 bridgehead atoms. The number of benzene rings is 1. The standard InChI is InChI=1S/C21H33N5O.HI/c1-17-8-5-6-13-25(17)14-7-12-23-21(22-2)24-16-20(27)26-15-11-18-9-3-4-10-19(18)26;/h3-4,9-10,17H,5-8,11-16H2,1-2H3,(H2,22,23,24);1H. The second-order valence-electron chi connectivity index (χ2n) is 7.51. The fraction of sp³-hybridized carbons (Fsp3) is 0.619. The van der Waals surface area contributed by atoms with E-state index in [-0.39, 0.29) is 36.4 Å². The first-order valence-corrected chi connectivity index (χ1v) is 10.3. The number of hydrogen-bond donors (Lipinski definition) is 2. The second-order valence-corrected chi connectivity index (χ2v) is 7.51. The molecule has 2 heterocycles. The number of anilines is 1. The Morgan fingerprint density at radius 2 is 2.04 bits per heavy atom. The number of para-hydroxylation sites is 1. The van der Waals surface area contributed by atoms with Crippen molar-refractivity contribution in [1.82, 2.24) is 15.5 Å². The molecule has 0 aliphatic carbocycles. The van der Waals surface area contributed by atoms with E-state index < -0.39 is 0 Å². The summed E-state index contributed by atoms with van der Waals surface area (Å²) >= 11 is 0. The summed E-state index contributed by atoms with van der Waals surface area (Å²) in [6.07, 6.45) is 6.02. The number of hydrogen-bond acceptors (Lipinski definition) is 3. The Kier molecular flexibility index (Phi) is 9.50. The summed E-state index contributed by atoms with van der Waals surface area (Å²) in [7, 11) is 1.75. The summed E-state index contributed by atoms with van der Waals surface area (Å²) in [5.74, 6) is 0.785. The zero-order valence-electron chi connectivity index (χ0n) is 17.1. The largest absolute Gasteiger partial charge is 0.356 e. The third-order valence-electron chi connectivity index (χ3n) is 5.67. The number of aliphatic imine (C=N–C) groups is 1. The maximum atomic E-state index is 12.6. The smallest absolute Gasteiger partial charge is 0.246 e. The molecule has 1 amide bonds. The average Bonchev–Trinajstić information content (AvgIpc) is 3.13. The number of piperidine rings is 1. The van der Waals surface area contributed by atoms with Crippen LogP contribution in [0, 0.1) is 0 Å². The molecule has 0 aromatic heterocycles. The predicted molar refractivity (Wildman–Crippen MR) is 127 cm³/mol. The van der Waals surface area contributed by atoms with Crippen molar-refractivity contribution < 1.29 is 4.79 Å². The summed E-state index contributed by atoms with van der Waals surface area (Å²) in [4.78, 5) is 21.3. The van der Waals surface area contributed by atoms with Gasteiger partial charge in [-0.15, -0.1) is 24.0 Å². The van der Waals surface area contributed by atoms with Gasteiger partial charge in [0.15, 0.2) is 5.96 Å². The third kappa shape index (κ3) is 6.07. The van der Waals surface area contributed by atoms with Gasteiger partial charge in [0.25, 0.3) is 0 Å². The normalized spacial score (nSPS) is 19.7. The number of carbonyl (C=O) groups is 1. The van der Waals surface area contributed by atoms with Crippen LogP contribution in [0.25, 0.3) is 0 Å². The Morgan fingerprint density at radius 3 is 2.82 bits per heavy atom. The van der Waals surface area contributed by atoms with E-state index in [9.17, 15) is 4.79 Å². The first-order valence-electron chi connectivity index (χ1n) is 10.3. The van der Waals surface area contributed by atoms with Gasteiger partial charge in [-0.25, -0.2) is 0 Å². The lowest BCUT2D eigenvalue weighted by atomic mass is 10.0. The molecule has 28 heavy (non-hydrogen) atoms. The highest BCUT2D eigenvalue weighted by Crippen LogP contribution is 2.27. The molecule has 0 spiro atoms. The van der Waals surface area contributed by atoms with Crippen LogP contribution in [0.3, 0.4) is 0 Å². The van der Waals surface area contributed by atoms with E-state index in [0.717, 1.165) is 38.2 Å². The van der Waals surface area contributed by atoms with Gasteiger partial charge >= 0.3 is 0 Å². The zero-order valence-corrected chi connectivity index (χ0v) is 19.4. The summed E-state index contributed by atoms with van der Waals surface area (Å²) in [6.45, 7) is 6.56. The molecular weight excluding hydrogens is 465 g/mol. The molecule has 0 saturated carbocycles. The quantitative estimate of drug-likeness (QED) is 0.274. The van der Waals surface area contributed by atoms with E-state index in [2.05, 4.69) is 33.5 Å². The molecule has 1 fully saturated rings. The molecule has 0 radical (unpaired) electrons. The van der Waals surface area contributed by atoms with E-state index in [1.807, 2.05) is 23.1 Å². The molecule has 1 saturated heterocycles.